The fourth-order valence-corrected chi connectivity index (χ4v) is 2.99. The van der Waals surface area contributed by atoms with E-state index in [1.807, 2.05) is 55.5 Å². The Balaban J connectivity index is 0.000000795. The van der Waals surface area contributed by atoms with Gasteiger partial charge in [-0.2, -0.15) is 0 Å². The monoisotopic (exact) mass is 475 g/mol. The van der Waals surface area contributed by atoms with Gasteiger partial charge in [-0.25, -0.2) is 9.97 Å². The van der Waals surface area contributed by atoms with Gasteiger partial charge in [0, 0.05) is 38.5 Å². The molecule has 0 unspecified atom stereocenters. The molecule has 9 nitrogen and oxygen atoms in total. The molecular weight excluding hydrogens is 446 g/mol. The molecule has 0 radical (unpaired) electrons. The molecule has 35 heavy (non-hydrogen) atoms. The maximum absolute atomic E-state index is 10.5. The summed E-state index contributed by atoms with van der Waals surface area (Å²) in [6.45, 7) is 3.42. The number of carbonyl (C=O) groups excluding carboxylic acids is 1. The van der Waals surface area contributed by atoms with Gasteiger partial charge in [0.2, 0.25) is 5.88 Å². The van der Waals surface area contributed by atoms with Crippen LogP contribution in [0.25, 0.3) is 11.3 Å². The molecule has 0 aliphatic carbocycles. The van der Waals surface area contributed by atoms with Crippen molar-refractivity contribution in [2.75, 3.05) is 31.3 Å². The highest BCUT2D eigenvalue weighted by Gasteiger charge is 2.12. The number of nitrogen functional groups attached to an aromatic ring is 1. The number of benzene rings is 1. The first-order chi connectivity index (χ1) is 17.1. The third-order valence-corrected chi connectivity index (χ3v) is 4.82. The van der Waals surface area contributed by atoms with E-state index in [0.717, 1.165) is 29.7 Å². The minimum Gasteiger partial charge on any atom is -0.473 e. The molecule has 3 heterocycles. The van der Waals surface area contributed by atoms with Crippen molar-refractivity contribution in [1.29, 1.82) is 0 Å². The zero-order valence-electron chi connectivity index (χ0n) is 19.8. The Morgan fingerprint density at radius 3 is 2.54 bits per heavy atom. The molecular formula is C26H29N5O4. The number of ether oxygens (including phenoxy) is 2. The lowest BCUT2D eigenvalue weighted by atomic mass is 10.1. The molecule has 0 bridgehead atoms. The number of methoxy groups -OCH3 is 1. The lowest BCUT2D eigenvalue weighted by molar-refractivity contribution is -0.106. The lowest BCUT2D eigenvalue weighted by Gasteiger charge is -2.06. The Bertz CT molecular complexity index is 1180. The summed E-state index contributed by atoms with van der Waals surface area (Å²) >= 11 is 0. The second kappa shape index (κ2) is 13.5. The quantitative estimate of drug-likeness (QED) is 0.325. The van der Waals surface area contributed by atoms with Crippen molar-refractivity contribution in [2.45, 2.75) is 20.0 Å². The van der Waals surface area contributed by atoms with Gasteiger partial charge in [-0.1, -0.05) is 41.6 Å². The van der Waals surface area contributed by atoms with Gasteiger partial charge in [-0.05, 0) is 30.2 Å². The van der Waals surface area contributed by atoms with Crippen LogP contribution in [0.15, 0.2) is 71.4 Å². The number of hydrogen-bond acceptors (Lipinski definition) is 9. The van der Waals surface area contributed by atoms with Crippen molar-refractivity contribution in [1.82, 2.24) is 15.1 Å². The molecule has 182 valence electrons. The summed E-state index contributed by atoms with van der Waals surface area (Å²) in [5.41, 5.74) is 9.47. The van der Waals surface area contributed by atoms with E-state index in [0.29, 0.717) is 41.9 Å². The number of hydrogen-bond donors (Lipinski definition) is 2. The van der Waals surface area contributed by atoms with Crippen molar-refractivity contribution in [3.8, 4) is 17.2 Å². The van der Waals surface area contributed by atoms with Crippen LogP contribution in [0, 0.1) is 0 Å². The van der Waals surface area contributed by atoms with E-state index in [-0.39, 0.29) is 6.54 Å². The van der Waals surface area contributed by atoms with Gasteiger partial charge < -0.3 is 29.8 Å². The average molecular weight is 476 g/mol. The fourth-order valence-electron chi connectivity index (χ4n) is 2.99. The van der Waals surface area contributed by atoms with Crippen LogP contribution < -0.4 is 15.8 Å². The van der Waals surface area contributed by atoms with Crippen molar-refractivity contribution in [3.05, 3.63) is 83.7 Å². The van der Waals surface area contributed by atoms with E-state index >= 15 is 0 Å². The molecule has 0 aliphatic rings. The molecule has 3 N–H and O–H groups in total. The Kier molecular flexibility index (Phi) is 9.76. The number of nitrogens with zero attached hydrogens (tertiary/aromatic N) is 3. The minimum atomic E-state index is 0.169. The average Bonchev–Trinajstić information content (AvgIpc) is 3.36. The number of anilines is 2. The highest BCUT2D eigenvalue weighted by atomic mass is 16.5. The van der Waals surface area contributed by atoms with Crippen molar-refractivity contribution >= 4 is 17.9 Å². The van der Waals surface area contributed by atoms with Crippen LogP contribution in [0.5, 0.6) is 5.88 Å². The number of rotatable bonds is 10. The van der Waals surface area contributed by atoms with E-state index in [2.05, 4.69) is 25.2 Å². The van der Waals surface area contributed by atoms with E-state index in [1.165, 1.54) is 0 Å². The molecule has 0 atom stereocenters. The number of aldehydes is 1. The molecule has 4 rings (SSSR count). The summed E-state index contributed by atoms with van der Waals surface area (Å²) in [6, 6.07) is 19.1. The Morgan fingerprint density at radius 1 is 1.09 bits per heavy atom. The molecule has 3 aromatic heterocycles. The molecule has 0 fully saturated rings. The Hall–Kier alpha value is -4.24. The summed E-state index contributed by atoms with van der Waals surface area (Å²) < 4.78 is 15.7. The van der Waals surface area contributed by atoms with Crippen LogP contribution >= 0.6 is 0 Å². The van der Waals surface area contributed by atoms with E-state index in [9.17, 15) is 4.79 Å². The van der Waals surface area contributed by atoms with E-state index in [4.69, 9.17) is 15.0 Å². The molecule has 9 heteroatoms. The maximum atomic E-state index is 10.5. The van der Waals surface area contributed by atoms with Crippen LogP contribution in [0.2, 0.25) is 0 Å². The number of pyridine rings is 2. The van der Waals surface area contributed by atoms with Gasteiger partial charge in [0.05, 0.1) is 17.8 Å². The van der Waals surface area contributed by atoms with Gasteiger partial charge in [0.1, 0.15) is 24.5 Å². The number of carbonyl (C=O) groups is 1. The van der Waals surface area contributed by atoms with Crippen molar-refractivity contribution in [2.24, 2.45) is 0 Å². The van der Waals surface area contributed by atoms with Gasteiger partial charge in [-0.3, -0.25) is 0 Å². The topological polar surface area (TPSA) is 125 Å². The highest BCUT2D eigenvalue weighted by molar-refractivity contribution is 5.72. The van der Waals surface area contributed by atoms with Crippen LogP contribution in [0.4, 0.5) is 11.6 Å². The number of nitrogens with two attached hydrogens (primary N) is 1. The van der Waals surface area contributed by atoms with Crippen molar-refractivity contribution in [3.63, 3.8) is 0 Å². The third-order valence-electron chi connectivity index (χ3n) is 4.82. The summed E-state index contributed by atoms with van der Waals surface area (Å²) in [7, 11) is 1.68. The molecule has 0 aliphatic heterocycles. The first-order valence-corrected chi connectivity index (χ1v) is 11.1. The van der Waals surface area contributed by atoms with E-state index in [1.54, 1.807) is 25.4 Å². The van der Waals surface area contributed by atoms with Gasteiger partial charge in [-0.15, -0.1) is 0 Å². The van der Waals surface area contributed by atoms with Crippen LogP contribution in [0.1, 0.15) is 23.7 Å². The summed E-state index contributed by atoms with van der Waals surface area (Å²) in [6.07, 6.45) is 3.07. The molecule has 4 aromatic rings. The summed E-state index contributed by atoms with van der Waals surface area (Å²) in [4.78, 5) is 19.0. The number of nitrogens with one attached hydrogen (secondary N) is 1. The van der Waals surface area contributed by atoms with Crippen LogP contribution in [-0.4, -0.2) is 41.7 Å². The number of aromatic nitrogens is 3. The van der Waals surface area contributed by atoms with E-state index < -0.39 is 0 Å². The predicted molar refractivity (Wildman–Crippen MR) is 134 cm³/mol. The fraction of sp³-hybridized carbons (Fsp3) is 0.231. The predicted octanol–water partition coefficient (Wildman–Crippen LogP) is 4.15. The van der Waals surface area contributed by atoms with Crippen LogP contribution in [-0.2, 0) is 22.6 Å². The minimum absolute atomic E-state index is 0.169. The first-order valence-electron chi connectivity index (χ1n) is 11.1. The zero-order chi connectivity index (χ0) is 24.9. The van der Waals surface area contributed by atoms with Gasteiger partial charge >= 0.3 is 0 Å². The molecule has 0 amide bonds. The SMILES string of the molecule is CCOC.Nc1nc(NCC=O)ccc1-c1cc(Cc2ccc(OCc3ccccc3)nc2)no1. The molecule has 0 saturated heterocycles. The summed E-state index contributed by atoms with van der Waals surface area (Å²) in [5, 5.41) is 6.97. The highest BCUT2D eigenvalue weighted by Crippen LogP contribution is 2.27. The first kappa shape index (κ1) is 25.4. The standard InChI is InChI=1S/C23H21N5O3.C3H8O/c24-23-19(7-8-21(27-23)25-10-11-29)20-13-18(28-31-20)12-17-6-9-22(26-14-17)30-15-16-4-2-1-3-5-16;1-3-4-2/h1-9,11,13-14H,10,12,15H2,(H3,24,25,27);3H2,1-2H3. The molecule has 1 aromatic carbocycles. The largest absolute Gasteiger partial charge is 0.473 e. The smallest absolute Gasteiger partial charge is 0.213 e. The second-order valence-electron chi connectivity index (χ2n) is 7.39. The summed E-state index contributed by atoms with van der Waals surface area (Å²) in [5.74, 6) is 1.90. The lowest BCUT2D eigenvalue weighted by Crippen LogP contribution is -2.05. The van der Waals surface area contributed by atoms with Gasteiger partial charge in [0.15, 0.2) is 5.76 Å². The second-order valence-corrected chi connectivity index (χ2v) is 7.39. The molecule has 0 spiro atoms. The Labute approximate surface area is 204 Å². The zero-order valence-corrected chi connectivity index (χ0v) is 19.8. The maximum Gasteiger partial charge on any atom is 0.213 e. The third kappa shape index (κ3) is 7.94. The van der Waals surface area contributed by atoms with Crippen LogP contribution in [0.3, 0.4) is 0 Å². The van der Waals surface area contributed by atoms with Crippen molar-refractivity contribution < 1.29 is 18.8 Å². The Morgan fingerprint density at radius 2 is 1.89 bits per heavy atom. The van der Waals surface area contributed by atoms with Gasteiger partial charge in [0.25, 0.3) is 0 Å². The molecule has 0 saturated carbocycles. The normalized spacial score (nSPS) is 10.2.